The van der Waals surface area contributed by atoms with Crippen LogP contribution in [0.15, 0.2) is 17.6 Å². The number of aromatic nitrogens is 3. The number of carbonyl (C=O) groups excluding carboxylic acids is 1. The van der Waals surface area contributed by atoms with Crippen LogP contribution in [0.25, 0.3) is 0 Å². The van der Waals surface area contributed by atoms with Crippen LogP contribution >= 0.6 is 11.3 Å². The number of hydrogen-bond acceptors (Lipinski definition) is 4. The van der Waals surface area contributed by atoms with Crippen LogP contribution in [-0.2, 0) is 11.3 Å². The molecule has 5 nitrogen and oxygen atoms in total. The van der Waals surface area contributed by atoms with Gasteiger partial charge in [0.25, 0.3) is 0 Å². The average molecular weight is 332 g/mol. The van der Waals surface area contributed by atoms with Crippen LogP contribution < -0.4 is 0 Å². The Labute approximate surface area is 141 Å². The minimum atomic E-state index is 0.271. The predicted octanol–water partition coefficient (Wildman–Crippen LogP) is 3.14. The molecule has 2 aromatic rings. The van der Waals surface area contributed by atoms with Crippen molar-refractivity contribution in [3.8, 4) is 0 Å². The average Bonchev–Trinajstić information content (AvgIpc) is 3.17. The van der Waals surface area contributed by atoms with E-state index in [2.05, 4.69) is 23.1 Å². The fourth-order valence-electron chi connectivity index (χ4n) is 3.28. The third-order valence-electron chi connectivity index (χ3n) is 4.44. The molecule has 3 rings (SSSR count). The van der Waals surface area contributed by atoms with E-state index >= 15 is 0 Å². The maximum atomic E-state index is 12.5. The molecule has 0 N–H and O–H groups in total. The molecule has 0 radical (unpaired) electrons. The highest BCUT2D eigenvalue weighted by molar-refractivity contribution is 7.09. The molecule has 1 fully saturated rings. The minimum absolute atomic E-state index is 0.271. The number of piperidine rings is 1. The molecule has 1 aliphatic rings. The first-order chi connectivity index (χ1) is 11.1. The fourth-order valence-corrected chi connectivity index (χ4v) is 4.05. The molecule has 2 aromatic heterocycles. The van der Waals surface area contributed by atoms with Crippen molar-refractivity contribution in [3.05, 3.63) is 34.0 Å². The molecule has 23 heavy (non-hydrogen) atoms. The van der Waals surface area contributed by atoms with Crippen LogP contribution in [0.2, 0.25) is 0 Å². The molecule has 0 spiro atoms. The lowest BCUT2D eigenvalue weighted by Crippen LogP contribution is -2.39. The first-order valence-electron chi connectivity index (χ1n) is 8.31. The molecule has 6 heteroatoms. The number of likely N-dealkylation sites (tertiary alicyclic amines) is 1. The topological polar surface area (TPSA) is 51.0 Å². The van der Waals surface area contributed by atoms with Gasteiger partial charge in [-0.1, -0.05) is 0 Å². The number of hydrogen-bond donors (Lipinski definition) is 0. The van der Waals surface area contributed by atoms with E-state index in [4.69, 9.17) is 0 Å². The summed E-state index contributed by atoms with van der Waals surface area (Å²) >= 11 is 1.70. The lowest BCUT2D eigenvalue weighted by Gasteiger charge is -2.32. The zero-order valence-electron chi connectivity index (χ0n) is 13.9. The largest absolute Gasteiger partial charge is 0.342 e. The van der Waals surface area contributed by atoms with Gasteiger partial charge in [0.05, 0.1) is 10.7 Å². The van der Waals surface area contributed by atoms with Crippen molar-refractivity contribution in [1.29, 1.82) is 0 Å². The summed E-state index contributed by atoms with van der Waals surface area (Å²) in [5.74, 6) is 0.691. The van der Waals surface area contributed by atoms with Crippen LogP contribution in [0.3, 0.4) is 0 Å². The molecule has 1 aliphatic heterocycles. The molecule has 1 atom stereocenters. The van der Waals surface area contributed by atoms with Gasteiger partial charge in [-0.05, 0) is 39.2 Å². The van der Waals surface area contributed by atoms with Gasteiger partial charge in [-0.3, -0.25) is 9.48 Å². The third kappa shape index (κ3) is 3.99. The van der Waals surface area contributed by atoms with E-state index in [1.165, 1.54) is 5.01 Å². The number of nitrogens with zero attached hydrogens (tertiary/aromatic N) is 4. The molecule has 0 aliphatic carbocycles. The van der Waals surface area contributed by atoms with Gasteiger partial charge in [-0.15, -0.1) is 11.3 Å². The van der Waals surface area contributed by atoms with Crippen LogP contribution in [0.4, 0.5) is 0 Å². The zero-order valence-corrected chi connectivity index (χ0v) is 14.7. The van der Waals surface area contributed by atoms with Crippen LogP contribution in [0, 0.1) is 13.8 Å². The van der Waals surface area contributed by atoms with Gasteiger partial charge in [0.1, 0.15) is 0 Å². The number of thiazole rings is 1. The Morgan fingerprint density at radius 1 is 1.43 bits per heavy atom. The Hall–Kier alpha value is -1.69. The summed E-state index contributed by atoms with van der Waals surface area (Å²) in [6.07, 6.45) is 5.52. The maximum Gasteiger partial charge on any atom is 0.222 e. The molecular weight excluding hydrogens is 308 g/mol. The van der Waals surface area contributed by atoms with Gasteiger partial charge in [0, 0.05) is 49.2 Å². The number of rotatable bonds is 5. The quantitative estimate of drug-likeness (QED) is 0.845. The van der Waals surface area contributed by atoms with Gasteiger partial charge in [-0.2, -0.15) is 5.10 Å². The summed E-state index contributed by atoms with van der Waals surface area (Å²) in [5, 5.41) is 7.64. The summed E-state index contributed by atoms with van der Waals surface area (Å²) in [7, 11) is 0. The van der Waals surface area contributed by atoms with Gasteiger partial charge < -0.3 is 4.90 Å². The van der Waals surface area contributed by atoms with E-state index in [0.29, 0.717) is 12.3 Å². The van der Waals surface area contributed by atoms with E-state index in [-0.39, 0.29) is 5.91 Å². The number of aryl methyl sites for hydroxylation is 3. The minimum Gasteiger partial charge on any atom is -0.342 e. The van der Waals surface area contributed by atoms with Gasteiger partial charge in [0.15, 0.2) is 0 Å². The van der Waals surface area contributed by atoms with Crippen molar-refractivity contribution in [1.82, 2.24) is 19.7 Å². The summed E-state index contributed by atoms with van der Waals surface area (Å²) in [4.78, 5) is 18.9. The lowest BCUT2D eigenvalue weighted by molar-refractivity contribution is -0.132. The highest BCUT2D eigenvalue weighted by Gasteiger charge is 2.25. The van der Waals surface area contributed by atoms with Crippen LogP contribution in [0.5, 0.6) is 0 Å². The molecule has 0 unspecified atom stereocenters. The molecule has 0 aromatic carbocycles. The van der Waals surface area contributed by atoms with Crippen LogP contribution in [0.1, 0.15) is 48.0 Å². The molecule has 0 bridgehead atoms. The van der Waals surface area contributed by atoms with Crippen molar-refractivity contribution < 1.29 is 4.79 Å². The van der Waals surface area contributed by atoms with Crippen molar-refractivity contribution in [3.63, 3.8) is 0 Å². The Kier molecular flexibility index (Phi) is 5.10. The maximum absolute atomic E-state index is 12.5. The highest BCUT2D eigenvalue weighted by atomic mass is 32.1. The Bertz CT molecular complexity index is 650. The van der Waals surface area contributed by atoms with Gasteiger partial charge >= 0.3 is 0 Å². The molecular formula is C17H24N4OS. The van der Waals surface area contributed by atoms with Crippen molar-refractivity contribution >= 4 is 17.2 Å². The molecule has 1 amide bonds. The van der Waals surface area contributed by atoms with Crippen molar-refractivity contribution in [2.24, 2.45) is 0 Å². The summed E-state index contributed by atoms with van der Waals surface area (Å²) < 4.78 is 2.00. The Morgan fingerprint density at radius 2 is 2.30 bits per heavy atom. The van der Waals surface area contributed by atoms with E-state index in [0.717, 1.165) is 50.3 Å². The summed E-state index contributed by atoms with van der Waals surface area (Å²) in [6, 6.07) is 2.07. The smallest absolute Gasteiger partial charge is 0.222 e. The first kappa shape index (κ1) is 16.2. The highest BCUT2D eigenvalue weighted by Crippen LogP contribution is 2.28. The van der Waals surface area contributed by atoms with Gasteiger partial charge in [0.2, 0.25) is 5.91 Å². The van der Waals surface area contributed by atoms with Crippen molar-refractivity contribution in [2.75, 3.05) is 13.1 Å². The second kappa shape index (κ2) is 7.25. The fraction of sp³-hybridized carbons (Fsp3) is 0.588. The second-order valence-electron chi connectivity index (χ2n) is 6.30. The normalized spacial score (nSPS) is 18.3. The monoisotopic (exact) mass is 332 g/mol. The molecule has 3 heterocycles. The standard InChI is InChI=1S/C17H24N4OS/c1-13-11-14(2)21(19-13)9-4-6-16(22)20-8-3-5-15(12-20)17-18-7-10-23-17/h7,10-11,15H,3-6,8-9,12H2,1-2H3/t15-/m0/s1. The van der Waals surface area contributed by atoms with E-state index in [1.54, 1.807) is 11.3 Å². The number of amides is 1. The molecule has 0 saturated carbocycles. The Balaban J connectivity index is 1.49. The summed E-state index contributed by atoms with van der Waals surface area (Å²) in [6.45, 7) is 6.59. The molecule has 1 saturated heterocycles. The number of carbonyl (C=O) groups is 1. The second-order valence-corrected chi connectivity index (χ2v) is 7.23. The van der Waals surface area contributed by atoms with E-state index in [9.17, 15) is 4.79 Å². The predicted molar refractivity (Wildman–Crippen MR) is 91.6 cm³/mol. The Morgan fingerprint density at radius 3 is 3.00 bits per heavy atom. The van der Waals surface area contributed by atoms with Crippen molar-refractivity contribution in [2.45, 2.75) is 52.0 Å². The van der Waals surface area contributed by atoms with Crippen LogP contribution in [-0.4, -0.2) is 38.7 Å². The lowest BCUT2D eigenvalue weighted by atomic mass is 9.98. The van der Waals surface area contributed by atoms with E-state index in [1.807, 2.05) is 28.1 Å². The third-order valence-corrected chi connectivity index (χ3v) is 5.38. The summed E-state index contributed by atoms with van der Waals surface area (Å²) in [5.41, 5.74) is 2.20. The molecule has 124 valence electrons. The first-order valence-corrected chi connectivity index (χ1v) is 9.19. The van der Waals surface area contributed by atoms with Gasteiger partial charge in [-0.25, -0.2) is 4.98 Å². The zero-order chi connectivity index (χ0) is 16.2. The SMILES string of the molecule is Cc1cc(C)n(CCCC(=O)N2CCC[C@H](c3nccs3)C2)n1. The van der Waals surface area contributed by atoms with E-state index < -0.39 is 0 Å².